The summed E-state index contributed by atoms with van der Waals surface area (Å²) in [5.74, 6) is 1.21. The Kier molecular flexibility index (Phi) is 4.60. The number of pyridine rings is 1. The smallest absolute Gasteiger partial charge is 0.319 e. The van der Waals surface area contributed by atoms with Gasteiger partial charge in [0.25, 0.3) is 0 Å². The van der Waals surface area contributed by atoms with E-state index < -0.39 is 0 Å². The van der Waals surface area contributed by atoms with E-state index in [4.69, 9.17) is 9.15 Å². The van der Waals surface area contributed by atoms with E-state index in [2.05, 4.69) is 15.6 Å². The SMILES string of the molecule is COc1ncccc1NC(=O)N[C@@H](C)Cc1ccco1. The van der Waals surface area contributed by atoms with Gasteiger partial charge in [-0.15, -0.1) is 0 Å². The number of nitrogens with one attached hydrogen (secondary N) is 2. The van der Waals surface area contributed by atoms with Gasteiger partial charge in [0, 0.05) is 18.7 Å². The first-order chi connectivity index (χ1) is 9.69. The third kappa shape index (κ3) is 3.74. The van der Waals surface area contributed by atoms with Crippen LogP contribution in [-0.2, 0) is 6.42 Å². The summed E-state index contributed by atoms with van der Waals surface area (Å²) in [5.41, 5.74) is 0.526. The normalized spacial score (nSPS) is 11.7. The quantitative estimate of drug-likeness (QED) is 0.878. The van der Waals surface area contributed by atoms with Crippen LogP contribution in [0.2, 0.25) is 0 Å². The highest BCUT2D eigenvalue weighted by molar-refractivity contribution is 5.90. The van der Waals surface area contributed by atoms with E-state index in [-0.39, 0.29) is 12.1 Å². The van der Waals surface area contributed by atoms with Crippen molar-refractivity contribution in [3.05, 3.63) is 42.5 Å². The maximum atomic E-state index is 11.9. The third-order valence-corrected chi connectivity index (χ3v) is 2.68. The Morgan fingerprint density at radius 2 is 2.30 bits per heavy atom. The predicted molar refractivity (Wildman–Crippen MR) is 74.8 cm³/mol. The van der Waals surface area contributed by atoms with Crippen LogP contribution in [0.1, 0.15) is 12.7 Å². The summed E-state index contributed by atoms with van der Waals surface area (Å²) >= 11 is 0. The maximum Gasteiger partial charge on any atom is 0.319 e. The Labute approximate surface area is 117 Å². The van der Waals surface area contributed by atoms with Crippen LogP contribution in [0.4, 0.5) is 10.5 Å². The van der Waals surface area contributed by atoms with Gasteiger partial charge in [-0.2, -0.15) is 0 Å². The molecule has 0 aliphatic heterocycles. The van der Waals surface area contributed by atoms with Crippen LogP contribution in [0.25, 0.3) is 0 Å². The van der Waals surface area contributed by atoms with Crippen LogP contribution >= 0.6 is 0 Å². The molecule has 2 aromatic heterocycles. The van der Waals surface area contributed by atoms with Crippen LogP contribution in [0, 0.1) is 0 Å². The molecule has 2 heterocycles. The van der Waals surface area contributed by atoms with Crippen molar-refractivity contribution in [1.29, 1.82) is 0 Å². The first kappa shape index (κ1) is 13.9. The minimum atomic E-state index is -0.310. The zero-order chi connectivity index (χ0) is 14.4. The van der Waals surface area contributed by atoms with Crippen molar-refractivity contribution in [3.8, 4) is 5.88 Å². The fourth-order valence-corrected chi connectivity index (χ4v) is 1.81. The van der Waals surface area contributed by atoms with Gasteiger partial charge < -0.3 is 19.8 Å². The number of carbonyl (C=O) groups is 1. The number of ether oxygens (including phenoxy) is 1. The summed E-state index contributed by atoms with van der Waals surface area (Å²) < 4.78 is 10.3. The summed E-state index contributed by atoms with van der Waals surface area (Å²) in [5, 5.41) is 5.53. The number of rotatable bonds is 5. The molecule has 2 aromatic rings. The lowest BCUT2D eigenvalue weighted by molar-refractivity contribution is 0.248. The number of nitrogens with zero attached hydrogens (tertiary/aromatic N) is 1. The molecule has 0 fully saturated rings. The molecule has 0 radical (unpaired) electrons. The van der Waals surface area contributed by atoms with Crippen LogP contribution in [0.5, 0.6) is 5.88 Å². The number of amides is 2. The highest BCUT2D eigenvalue weighted by Crippen LogP contribution is 2.19. The molecule has 2 N–H and O–H groups in total. The number of anilines is 1. The van der Waals surface area contributed by atoms with Crippen molar-refractivity contribution in [3.63, 3.8) is 0 Å². The lowest BCUT2D eigenvalue weighted by Crippen LogP contribution is -2.37. The van der Waals surface area contributed by atoms with Crippen LogP contribution < -0.4 is 15.4 Å². The van der Waals surface area contributed by atoms with Crippen molar-refractivity contribution >= 4 is 11.7 Å². The molecular formula is C14H17N3O3. The molecule has 0 saturated heterocycles. The monoisotopic (exact) mass is 275 g/mol. The molecule has 2 rings (SSSR count). The number of carbonyl (C=O) groups excluding carboxylic acids is 1. The third-order valence-electron chi connectivity index (χ3n) is 2.68. The van der Waals surface area contributed by atoms with Gasteiger partial charge in [-0.05, 0) is 31.2 Å². The van der Waals surface area contributed by atoms with Gasteiger partial charge >= 0.3 is 6.03 Å². The van der Waals surface area contributed by atoms with Crippen molar-refractivity contribution in [2.45, 2.75) is 19.4 Å². The topological polar surface area (TPSA) is 76.4 Å². The summed E-state index contributed by atoms with van der Waals surface area (Å²) in [6.45, 7) is 1.91. The fraction of sp³-hybridized carbons (Fsp3) is 0.286. The fourth-order valence-electron chi connectivity index (χ4n) is 1.81. The van der Waals surface area contributed by atoms with Gasteiger partial charge in [0.2, 0.25) is 5.88 Å². The molecule has 2 amide bonds. The number of hydrogen-bond acceptors (Lipinski definition) is 4. The molecule has 106 valence electrons. The molecule has 0 aromatic carbocycles. The van der Waals surface area contributed by atoms with Gasteiger partial charge in [-0.25, -0.2) is 9.78 Å². The Balaban J connectivity index is 1.88. The summed E-state index contributed by atoms with van der Waals surface area (Å²) in [6.07, 6.45) is 3.84. The van der Waals surface area contributed by atoms with Gasteiger partial charge in [-0.3, -0.25) is 0 Å². The van der Waals surface area contributed by atoms with E-state index in [1.54, 1.807) is 24.6 Å². The highest BCUT2D eigenvalue weighted by atomic mass is 16.5. The Hall–Kier alpha value is -2.50. The van der Waals surface area contributed by atoms with Crippen LogP contribution in [0.3, 0.4) is 0 Å². The lowest BCUT2D eigenvalue weighted by Gasteiger charge is -2.14. The second-order valence-corrected chi connectivity index (χ2v) is 4.34. The van der Waals surface area contributed by atoms with E-state index >= 15 is 0 Å². The Morgan fingerprint density at radius 3 is 3.00 bits per heavy atom. The molecular weight excluding hydrogens is 258 g/mol. The van der Waals surface area contributed by atoms with Crippen molar-refractivity contribution in [1.82, 2.24) is 10.3 Å². The average Bonchev–Trinajstić information content (AvgIpc) is 2.91. The number of methoxy groups -OCH3 is 1. The van der Waals surface area contributed by atoms with E-state index in [0.717, 1.165) is 5.76 Å². The number of urea groups is 1. The molecule has 6 heteroatoms. The number of furan rings is 1. The van der Waals surface area contributed by atoms with Crippen molar-refractivity contribution < 1.29 is 13.9 Å². The average molecular weight is 275 g/mol. The lowest BCUT2D eigenvalue weighted by atomic mass is 10.2. The van der Waals surface area contributed by atoms with Gasteiger partial charge in [-0.1, -0.05) is 0 Å². The molecule has 0 spiro atoms. The zero-order valence-corrected chi connectivity index (χ0v) is 11.4. The molecule has 0 unspecified atom stereocenters. The molecule has 0 aliphatic rings. The number of aromatic nitrogens is 1. The van der Waals surface area contributed by atoms with Crippen molar-refractivity contribution in [2.24, 2.45) is 0 Å². The second kappa shape index (κ2) is 6.60. The van der Waals surface area contributed by atoms with E-state index in [0.29, 0.717) is 18.0 Å². The van der Waals surface area contributed by atoms with E-state index in [1.165, 1.54) is 7.11 Å². The molecule has 0 aliphatic carbocycles. The minimum absolute atomic E-state index is 0.0520. The first-order valence-corrected chi connectivity index (χ1v) is 6.28. The minimum Gasteiger partial charge on any atom is -0.480 e. The Bertz CT molecular complexity index is 555. The standard InChI is InChI=1S/C14H17N3O3/c1-10(9-11-5-4-8-20-11)16-14(18)17-12-6-3-7-15-13(12)19-2/h3-8,10H,9H2,1-2H3,(H2,16,17,18)/t10-/m0/s1. The number of hydrogen-bond donors (Lipinski definition) is 2. The molecule has 1 atom stereocenters. The zero-order valence-electron chi connectivity index (χ0n) is 11.4. The van der Waals surface area contributed by atoms with Crippen LogP contribution in [-0.4, -0.2) is 24.2 Å². The first-order valence-electron chi connectivity index (χ1n) is 6.28. The Morgan fingerprint density at radius 1 is 1.45 bits per heavy atom. The highest BCUT2D eigenvalue weighted by Gasteiger charge is 2.11. The van der Waals surface area contributed by atoms with Crippen LogP contribution in [0.15, 0.2) is 41.1 Å². The predicted octanol–water partition coefficient (Wildman–Crippen LogP) is 2.44. The van der Waals surface area contributed by atoms with Gasteiger partial charge in [0.15, 0.2) is 0 Å². The molecule has 0 saturated carbocycles. The summed E-state index contributed by atoms with van der Waals surface area (Å²) in [7, 11) is 1.50. The molecule has 0 bridgehead atoms. The summed E-state index contributed by atoms with van der Waals surface area (Å²) in [6, 6.07) is 6.79. The maximum absolute atomic E-state index is 11.9. The molecule has 20 heavy (non-hydrogen) atoms. The van der Waals surface area contributed by atoms with Crippen molar-refractivity contribution in [2.75, 3.05) is 12.4 Å². The summed E-state index contributed by atoms with van der Waals surface area (Å²) in [4.78, 5) is 15.9. The second-order valence-electron chi connectivity index (χ2n) is 4.34. The van der Waals surface area contributed by atoms with Gasteiger partial charge in [0.05, 0.1) is 13.4 Å². The largest absolute Gasteiger partial charge is 0.480 e. The van der Waals surface area contributed by atoms with E-state index in [9.17, 15) is 4.79 Å². The van der Waals surface area contributed by atoms with E-state index in [1.807, 2.05) is 19.1 Å². The van der Waals surface area contributed by atoms with Gasteiger partial charge in [0.1, 0.15) is 11.4 Å². The molecule has 6 nitrogen and oxygen atoms in total.